The third kappa shape index (κ3) is 3.43. The second-order valence-corrected chi connectivity index (χ2v) is 4.19. The number of carboxylic acids is 1. The molecule has 1 rings (SSSR count). The summed E-state index contributed by atoms with van der Waals surface area (Å²) in [7, 11) is 2.95. The van der Waals surface area contributed by atoms with Gasteiger partial charge in [-0.1, -0.05) is 6.92 Å². The average molecular weight is 268 g/mol. The smallest absolute Gasteiger partial charge is 0.326 e. The Morgan fingerprint density at radius 2 is 1.79 bits per heavy atom. The van der Waals surface area contributed by atoms with Crippen LogP contribution in [0.25, 0.3) is 0 Å². The van der Waals surface area contributed by atoms with Crippen molar-refractivity contribution in [3.8, 4) is 0 Å². The molecule has 0 saturated carbocycles. The van der Waals surface area contributed by atoms with E-state index in [2.05, 4.69) is 0 Å². The number of carbonyl (C=O) groups excluding carboxylic acids is 1. The highest BCUT2D eigenvalue weighted by Gasteiger charge is 2.27. The number of benzene rings is 1. The van der Waals surface area contributed by atoms with Crippen molar-refractivity contribution in [3.63, 3.8) is 0 Å². The standard InChI is InChI=1S/C13H17FN2O3/c1-4-11(12(17)18)16(3)13(19)15(2)10-7-5-9(14)6-8-10/h5-8,11H,4H2,1-3H3,(H,17,18). The van der Waals surface area contributed by atoms with E-state index in [4.69, 9.17) is 5.11 Å². The van der Waals surface area contributed by atoms with E-state index in [0.717, 1.165) is 4.90 Å². The minimum Gasteiger partial charge on any atom is -0.480 e. The maximum absolute atomic E-state index is 12.8. The largest absolute Gasteiger partial charge is 0.480 e. The van der Waals surface area contributed by atoms with Crippen LogP contribution in [0.15, 0.2) is 24.3 Å². The first-order valence-corrected chi connectivity index (χ1v) is 5.87. The van der Waals surface area contributed by atoms with Crippen molar-refractivity contribution in [1.82, 2.24) is 4.90 Å². The maximum Gasteiger partial charge on any atom is 0.326 e. The first kappa shape index (κ1) is 14.9. The van der Waals surface area contributed by atoms with Gasteiger partial charge in [-0.25, -0.2) is 14.0 Å². The van der Waals surface area contributed by atoms with Gasteiger partial charge in [-0.2, -0.15) is 0 Å². The van der Waals surface area contributed by atoms with Crippen LogP contribution in [0.1, 0.15) is 13.3 Å². The fraction of sp³-hybridized carbons (Fsp3) is 0.385. The summed E-state index contributed by atoms with van der Waals surface area (Å²) < 4.78 is 12.8. The lowest BCUT2D eigenvalue weighted by Crippen LogP contribution is -2.47. The first-order valence-electron chi connectivity index (χ1n) is 5.87. The Hall–Kier alpha value is -2.11. The molecule has 6 heteroatoms. The first-order chi connectivity index (χ1) is 8.88. The summed E-state index contributed by atoms with van der Waals surface area (Å²) in [6.45, 7) is 1.69. The molecule has 104 valence electrons. The summed E-state index contributed by atoms with van der Waals surface area (Å²) in [6, 6.07) is 4.07. The fourth-order valence-electron chi connectivity index (χ4n) is 1.76. The molecule has 1 aromatic carbocycles. The Balaban J connectivity index is 2.87. The lowest BCUT2D eigenvalue weighted by Gasteiger charge is -2.28. The lowest BCUT2D eigenvalue weighted by molar-refractivity contribution is -0.141. The normalized spacial score (nSPS) is 11.8. The van der Waals surface area contributed by atoms with Crippen LogP contribution in [0.2, 0.25) is 0 Å². The molecule has 19 heavy (non-hydrogen) atoms. The average Bonchev–Trinajstić information content (AvgIpc) is 2.38. The SMILES string of the molecule is CCC(C(=O)O)N(C)C(=O)N(C)c1ccc(F)cc1. The van der Waals surface area contributed by atoms with E-state index in [0.29, 0.717) is 12.1 Å². The predicted octanol–water partition coefficient (Wildman–Crippen LogP) is 2.18. The van der Waals surface area contributed by atoms with Gasteiger partial charge < -0.3 is 10.0 Å². The van der Waals surface area contributed by atoms with Gasteiger partial charge in [-0.05, 0) is 30.7 Å². The zero-order valence-corrected chi connectivity index (χ0v) is 11.1. The number of halogens is 1. The quantitative estimate of drug-likeness (QED) is 0.910. The van der Waals surface area contributed by atoms with E-state index in [9.17, 15) is 14.0 Å². The fourth-order valence-corrected chi connectivity index (χ4v) is 1.76. The molecule has 0 aromatic heterocycles. The number of hydrogen-bond donors (Lipinski definition) is 1. The highest BCUT2D eigenvalue weighted by atomic mass is 19.1. The summed E-state index contributed by atoms with van der Waals surface area (Å²) in [5.41, 5.74) is 0.499. The third-order valence-electron chi connectivity index (χ3n) is 2.94. The molecule has 2 amide bonds. The Kier molecular flexibility index (Phi) is 4.86. The number of anilines is 1. The number of amides is 2. The van der Waals surface area contributed by atoms with E-state index in [1.807, 2.05) is 0 Å². The maximum atomic E-state index is 12.8. The molecule has 0 saturated heterocycles. The van der Waals surface area contributed by atoms with Gasteiger partial charge in [0.1, 0.15) is 11.9 Å². The van der Waals surface area contributed by atoms with Gasteiger partial charge in [0.25, 0.3) is 0 Å². The zero-order chi connectivity index (χ0) is 14.6. The minimum atomic E-state index is -1.05. The van der Waals surface area contributed by atoms with Gasteiger partial charge >= 0.3 is 12.0 Å². The molecule has 1 atom stereocenters. The molecule has 1 N–H and O–H groups in total. The summed E-state index contributed by atoms with van der Waals surface area (Å²) in [4.78, 5) is 25.6. The molecule has 0 aliphatic heterocycles. The van der Waals surface area contributed by atoms with Crippen LogP contribution in [0.4, 0.5) is 14.9 Å². The third-order valence-corrected chi connectivity index (χ3v) is 2.94. The van der Waals surface area contributed by atoms with Crippen molar-refractivity contribution in [1.29, 1.82) is 0 Å². The second kappa shape index (κ2) is 6.17. The van der Waals surface area contributed by atoms with Crippen molar-refractivity contribution in [2.75, 3.05) is 19.0 Å². The van der Waals surface area contributed by atoms with E-state index in [1.165, 1.54) is 43.3 Å². The van der Waals surface area contributed by atoms with Gasteiger partial charge in [0.05, 0.1) is 0 Å². The Morgan fingerprint density at radius 1 is 1.26 bits per heavy atom. The van der Waals surface area contributed by atoms with Crippen LogP contribution >= 0.6 is 0 Å². The molecule has 0 spiro atoms. The second-order valence-electron chi connectivity index (χ2n) is 4.19. The molecule has 0 radical (unpaired) electrons. The van der Waals surface area contributed by atoms with Gasteiger partial charge in [-0.3, -0.25) is 4.90 Å². The molecule has 0 fully saturated rings. The van der Waals surface area contributed by atoms with Gasteiger partial charge in [0.15, 0.2) is 0 Å². The number of likely N-dealkylation sites (N-methyl/N-ethyl adjacent to an activating group) is 1. The Labute approximate surface area is 111 Å². The van der Waals surface area contributed by atoms with E-state index in [-0.39, 0.29) is 0 Å². The highest BCUT2D eigenvalue weighted by Crippen LogP contribution is 2.16. The number of urea groups is 1. The van der Waals surface area contributed by atoms with Crippen LogP contribution in [0.5, 0.6) is 0 Å². The van der Waals surface area contributed by atoms with Crippen LogP contribution in [-0.2, 0) is 4.79 Å². The molecule has 1 aromatic rings. The van der Waals surface area contributed by atoms with Gasteiger partial charge in [0, 0.05) is 19.8 Å². The van der Waals surface area contributed by atoms with Crippen molar-refractivity contribution in [2.24, 2.45) is 0 Å². The Bertz CT molecular complexity index is 461. The van der Waals surface area contributed by atoms with Crippen molar-refractivity contribution in [2.45, 2.75) is 19.4 Å². The summed E-state index contributed by atoms with van der Waals surface area (Å²) in [5.74, 6) is -1.44. The molecule has 0 heterocycles. The molecule has 0 aliphatic carbocycles. The van der Waals surface area contributed by atoms with E-state index in [1.54, 1.807) is 6.92 Å². The van der Waals surface area contributed by atoms with Crippen molar-refractivity contribution >= 4 is 17.7 Å². The summed E-state index contributed by atoms with van der Waals surface area (Å²) in [5, 5.41) is 9.02. The molecule has 0 aliphatic rings. The van der Waals surface area contributed by atoms with Crippen LogP contribution in [0, 0.1) is 5.82 Å². The van der Waals surface area contributed by atoms with Crippen LogP contribution < -0.4 is 4.90 Å². The molecular weight excluding hydrogens is 251 g/mol. The van der Waals surface area contributed by atoms with E-state index < -0.39 is 23.9 Å². The van der Waals surface area contributed by atoms with Crippen molar-refractivity contribution in [3.05, 3.63) is 30.1 Å². The molecule has 5 nitrogen and oxygen atoms in total. The monoisotopic (exact) mass is 268 g/mol. The lowest BCUT2D eigenvalue weighted by atomic mass is 10.2. The minimum absolute atomic E-state index is 0.314. The highest BCUT2D eigenvalue weighted by molar-refractivity contribution is 5.93. The summed E-state index contributed by atoms with van der Waals surface area (Å²) in [6.07, 6.45) is 0.314. The van der Waals surface area contributed by atoms with Crippen LogP contribution in [0.3, 0.4) is 0 Å². The zero-order valence-electron chi connectivity index (χ0n) is 11.1. The van der Waals surface area contributed by atoms with Crippen molar-refractivity contribution < 1.29 is 19.1 Å². The number of carbonyl (C=O) groups is 2. The number of aliphatic carboxylic acids is 1. The number of carboxylic acid groups (broad SMARTS) is 1. The Morgan fingerprint density at radius 3 is 2.21 bits per heavy atom. The number of rotatable bonds is 4. The predicted molar refractivity (Wildman–Crippen MR) is 69.7 cm³/mol. The molecular formula is C13H17FN2O3. The van der Waals surface area contributed by atoms with Gasteiger partial charge in [0.2, 0.25) is 0 Å². The molecule has 0 bridgehead atoms. The van der Waals surface area contributed by atoms with E-state index >= 15 is 0 Å². The number of nitrogens with zero attached hydrogens (tertiary/aromatic N) is 2. The molecule has 1 unspecified atom stereocenters. The number of hydrogen-bond acceptors (Lipinski definition) is 2. The topological polar surface area (TPSA) is 60.9 Å². The van der Waals surface area contributed by atoms with Crippen LogP contribution in [-0.4, -0.2) is 42.1 Å². The van der Waals surface area contributed by atoms with Gasteiger partial charge in [-0.15, -0.1) is 0 Å². The summed E-state index contributed by atoms with van der Waals surface area (Å²) >= 11 is 0.